The summed E-state index contributed by atoms with van der Waals surface area (Å²) in [4.78, 5) is 50.2. The lowest BCUT2D eigenvalue weighted by atomic mass is 9.98. The number of nitrogens with one attached hydrogen (secondary N) is 1. The van der Waals surface area contributed by atoms with Gasteiger partial charge >= 0.3 is 25.2 Å². The summed E-state index contributed by atoms with van der Waals surface area (Å²) in [5.74, 6) is -1.24. The van der Waals surface area contributed by atoms with Gasteiger partial charge in [-0.15, -0.1) is 0 Å². The van der Waals surface area contributed by atoms with Gasteiger partial charge in [0.25, 0.3) is 5.56 Å². The van der Waals surface area contributed by atoms with Crippen LogP contribution in [-0.2, 0) is 42.1 Å². The molecule has 2 aliphatic rings. The van der Waals surface area contributed by atoms with Crippen molar-refractivity contribution in [1.29, 1.82) is 0 Å². The molecule has 2 fully saturated rings. The van der Waals surface area contributed by atoms with Crippen molar-refractivity contribution in [3.05, 3.63) is 33.1 Å². The zero-order valence-corrected chi connectivity index (χ0v) is 23.3. The number of H-pyrrole nitrogens is 1. The van der Waals surface area contributed by atoms with Gasteiger partial charge in [0.2, 0.25) is 13.6 Å². The summed E-state index contributed by atoms with van der Waals surface area (Å²) in [7, 11) is -2.97. The van der Waals surface area contributed by atoms with E-state index in [2.05, 4.69) is 4.98 Å². The van der Waals surface area contributed by atoms with Crippen molar-refractivity contribution in [3.8, 4) is 0 Å². The maximum absolute atomic E-state index is 13.9. The molecule has 0 aromatic carbocycles. The van der Waals surface area contributed by atoms with Gasteiger partial charge in [0.1, 0.15) is 17.8 Å². The molecule has 5 atom stereocenters. The second kappa shape index (κ2) is 10.7. The number of carbonyl (C=O) groups excluding carboxylic acids is 2. The number of carbonyl (C=O) groups is 2. The van der Waals surface area contributed by atoms with Gasteiger partial charge < -0.3 is 24.1 Å². The highest BCUT2D eigenvalue weighted by atomic mass is 31.2. The molecule has 14 nitrogen and oxygen atoms in total. The number of aromatic amines is 1. The van der Waals surface area contributed by atoms with Crippen LogP contribution >= 0.6 is 7.60 Å². The number of aliphatic hydroxyl groups excluding tert-OH is 1. The normalized spacial score (nSPS) is 27.4. The molecule has 38 heavy (non-hydrogen) atoms. The highest BCUT2D eigenvalue weighted by Gasteiger charge is 2.76. The summed E-state index contributed by atoms with van der Waals surface area (Å²) in [6.07, 6.45) is -2.52. The number of aliphatic hydroxyl groups is 1. The predicted molar refractivity (Wildman–Crippen MR) is 130 cm³/mol. The highest BCUT2D eigenvalue weighted by Crippen LogP contribution is 2.72. The summed E-state index contributed by atoms with van der Waals surface area (Å²) >= 11 is 0. The number of hydrogen-bond acceptors (Lipinski definition) is 12. The number of esters is 2. The Morgan fingerprint density at radius 3 is 2.08 bits per heavy atom. The first-order valence-electron chi connectivity index (χ1n) is 11.9. The van der Waals surface area contributed by atoms with Gasteiger partial charge in [-0.1, -0.05) is 0 Å². The first-order chi connectivity index (χ1) is 17.5. The molecule has 3 rings (SSSR count). The summed E-state index contributed by atoms with van der Waals surface area (Å²) in [5, 5.41) is 11.1. The van der Waals surface area contributed by atoms with Crippen molar-refractivity contribution >= 4 is 19.5 Å². The maximum atomic E-state index is 13.9. The Morgan fingerprint density at radius 2 is 1.63 bits per heavy atom. The number of ether oxygens (including phenoxy) is 4. The fourth-order valence-corrected chi connectivity index (χ4v) is 6.00. The number of hydrogen-bond donors (Lipinski definition) is 2. The maximum Gasteiger partial charge on any atom is 0.342 e. The second-order valence-electron chi connectivity index (χ2n) is 11.2. The Labute approximate surface area is 219 Å². The Morgan fingerprint density at radius 1 is 1.11 bits per heavy atom. The van der Waals surface area contributed by atoms with Crippen LogP contribution in [0, 0.1) is 10.8 Å². The van der Waals surface area contributed by atoms with Gasteiger partial charge in [-0.2, -0.15) is 0 Å². The third kappa shape index (κ3) is 6.11. The number of aromatic nitrogens is 2. The van der Waals surface area contributed by atoms with Crippen molar-refractivity contribution < 1.29 is 47.3 Å². The van der Waals surface area contributed by atoms with Crippen LogP contribution in [0.15, 0.2) is 21.9 Å². The third-order valence-corrected chi connectivity index (χ3v) is 8.51. The minimum atomic E-state index is -4.26. The average molecular weight is 563 g/mol. The van der Waals surface area contributed by atoms with Gasteiger partial charge in [-0.25, -0.2) is 4.79 Å². The van der Waals surface area contributed by atoms with Crippen molar-refractivity contribution in [1.82, 2.24) is 9.55 Å². The molecular formula is C23H35N2O12P. The van der Waals surface area contributed by atoms with Gasteiger partial charge in [-0.3, -0.25) is 37.5 Å². The van der Waals surface area contributed by atoms with Gasteiger partial charge in [0.15, 0.2) is 6.23 Å². The Balaban J connectivity index is 1.83. The molecule has 1 aliphatic heterocycles. The van der Waals surface area contributed by atoms with Crippen LogP contribution in [0.1, 0.15) is 54.2 Å². The molecule has 15 heteroatoms. The largest absolute Gasteiger partial charge is 0.438 e. The molecule has 0 radical (unpaired) electrons. The Kier molecular flexibility index (Phi) is 8.48. The molecule has 2 heterocycles. The Bertz CT molecular complexity index is 1180. The molecule has 0 bridgehead atoms. The van der Waals surface area contributed by atoms with E-state index >= 15 is 0 Å². The molecule has 1 saturated carbocycles. The van der Waals surface area contributed by atoms with E-state index in [4.69, 9.17) is 28.0 Å². The van der Waals surface area contributed by atoms with E-state index in [-0.39, 0.29) is 6.42 Å². The standard InChI is InChI=1S/C23H35N2O12P/c1-21(2,3)18(28)33-11-35-38(31,36-12-34-19(29)22(4,5)6)13-10-23(13)16(27)15(32-7)17(37-23)25-9-8-14(26)24-20(25)30/h8-9,13,15-17,27H,10-12H2,1-7H3,(H,24,26,30)/t13?,15-,16+,17-,23?/m1/s1. The van der Waals surface area contributed by atoms with E-state index in [1.807, 2.05) is 0 Å². The smallest absolute Gasteiger partial charge is 0.342 e. The van der Waals surface area contributed by atoms with Crippen LogP contribution in [0.3, 0.4) is 0 Å². The zero-order valence-electron chi connectivity index (χ0n) is 22.4. The molecule has 0 amide bonds. The third-order valence-electron chi connectivity index (χ3n) is 6.20. The summed E-state index contributed by atoms with van der Waals surface area (Å²) in [5.41, 5.74) is -5.76. The van der Waals surface area contributed by atoms with Crippen LogP contribution < -0.4 is 11.2 Å². The minimum Gasteiger partial charge on any atom is -0.438 e. The van der Waals surface area contributed by atoms with Crippen molar-refractivity contribution in [2.24, 2.45) is 10.8 Å². The molecule has 2 unspecified atom stereocenters. The molecular weight excluding hydrogens is 527 g/mol. The fraction of sp³-hybridized carbons (Fsp3) is 0.739. The molecule has 1 aromatic heterocycles. The fourth-order valence-electron chi connectivity index (χ4n) is 3.91. The van der Waals surface area contributed by atoms with E-state index in [0.29, 0.717) is 0 Å². The molecule has 214 valence electrons. The van der Waals surface area contributed by atoms with Crippen molar-refractivity contribution in [2.75, 3.05) is 20.7 Å². The van der Waals surface area contributed by atoms with Crippen LogP contribution in [0.25, 0.3) is 0 Å². The van der Waals surface area contributed by atoms with Crippen LogP contribution in [0.2, 0.25) is 0 Å². The van der Waals surface area contributed by atoms with E-state index < -0.39 is 84.9 Å². The van der Waals surface area contributed by atoms with Gasteiger partial charge in [0, 0.05) is 19.4 Å². The highest BCUT2D eigenvalue weighted by molar-refractivity contribution is 7.55. The number of rotatable bonds is 9. The summed E-state index contributed by atoms with van der Waals surface area (Å²) in [6, 6.07) is 1.10. The minimum absolute atomic E-state index is 0.0413. The molecule has 1 saturated heterocycles. The average Bonchev–Trinajstić information content (AvgIpc) is 3.47. The predicted octanol–water partition coefficient (Wildman–Crippen LogP) is 1.27. The first-order valence-corrected chi connectivity index (χ1v) is 13.5. The molecule has 1 aliphatic carbocycles. The second-order valence-corrected chi connectivity index (χ2v) is 13.5. The van der Waals surface area contributed by atoms with E-state index in [1.54, 1.807) is 41.5 Å². The van der Waals surface area contributed by atoms with Gasteiger partial charge in [0.05, 0.1) is 16.5 Å². The molecule has 2 N–H and O–H groups in total. The molecule has 1 aromatic rings. The Hall–Kier alpha value is -2.35. The van der Waals surface area contributed by atoms with Gasteiger partial charge in [-0.05, 0) is 48.0 Å². The molecule has 1 spiro atoms. The van der Waals surface area contributed by atoms with Crippen LogP contribution in [0.4, 0.5) is 0 Å². The zero-order chi connectivity index (χ0) is 28.7. The van der Waals surface area contributed by atoms with E-state index in [1.165, 1.54) is 13.3 Å². The first kappa shape index (κ1) is 30.2. The SMILES string of the molecule is CO[C@H]1[C@H](n2ccc(=O)[nH]c2=O)OC2(CC2P(=O)(OCOC(=O)C(C)(C)C)OCOC(=O)C(C)(C)C)[C@H]1O. The quantitative estimate of drug-likeness (QED) is 0.250. The topological polar surface area (TPSA) is 182 Å². The summed E-state index contributed by atoms with van der Waals surface area (Å²) < 4.78 is 47.3. The van der Waals surface area contributed by atoms with Crippen molar-refractivity contribution in [2.45, 2.75) is 77.7 Å². The van der Waals surface area contributed by atoms with E-state index in [0.717, 1.165) is 10.6 Å². The lowest BCUT2D eigenvalue weighted by molar-refractivity contribution is -0.162. The number of nitrogens with zero attached hydrogens (tertiary/aromatic N) is 1. The van der Waals surface area contributed by atoms with Crippen LogP contribution in [-0.4, -0.2) is 70.8 Å². The summed E-state index contributed by atoms with van der Waals surface area (Å²) in [6.45, 7) is 8.28. The monoisotopic (exact) mass is 562 g/mol. The lowest BCUT2D eigenvalue weighted by Crippen LogP contribution is -2.39. The van der Waals surface area contributed by atoms with E-state index in [9.17, 15) is 28.8 Å². The lowest BCUT2D eigenvalue weighted by Gasteiger charge is -2.24. The van der Waals surface area contributed by atoms with Crippen LogP contribution in [0.5, 0.6) is 0 Å². The number of methoxy groups -OCH3 is 1. The van der Waals surface area contributed by atoms with Crippen molar-refractivity contribution in [3.63, 3.8) is 0 Å².